The summed E-state index contributed by atoms with van der Waals surface area (Å²) in [6.07, 6.45) is 0. The number of benzene rings is 3. The summed E-state index contributed by atoms with van der Waals surface area (Å²) >= 11 is 0. The Bertz CT molecular complexity index is 1520. The van der Waals surface area contributed by atoms with Crippen LogP contribution >= 0.6 is 0 Å². The first-order valence-corrected chi connectivity index (χ1v) is 10.3. The van der Waals surface area contributed by atoms with E-state index in [0.29, 0.717) is 28.5 Å². The first kappa shape index (κ1) is 21.1. The third kappa shape index (κ3) is 4.02. The number of nitrogens with zero attached hydrogens (tertiary/aromatic N) is 1. The number of carbonyl (C=O) groups excluding carboxylic acids is 1. The van der Waals surface area contributed by atoms with Crippen LogP contribution in [0.4, 0.5) is 11.4 Å². The van der Waals surface area contributed by atoms with Crippen molar-refractivity contribution in [2.45, 2.75) is 6.61 Å². The van der Waals surface area contributed by atoms with Crippen molar-refractivity contribution in [2.75, 3.05) is 12.4 Å². The van der Waals surface area contributed by atoms with Crippen molar-refractivity contribution in [1.82, 2.24) is 0 Å². The van der Waals surface area contributed by atoms with Crippen molar-refractivity contribution in [1.29, 1.82) is 0 Å². The highest BCUT2D eigenvalue weighted by Crippen LogP contribution is 2.36. The van der Waals surface area contributed by atoms with Gasteiger partial charge in [-0.2, -0.15) is 0 Å². The van der Waals surface area contributed by atoms with Crippen LogP contribution in [0, 0.1) is 10.1 Å². The molecule has 0 aliphatic rings. The Kier molecular flexibility index (Phi) is 5.35. The molecule has 34 heavy (non-hydrogen) atoms. The summed E-state index contributed by atoms with van der Waals surface area (Å²) in [5.41, 5.74) is 1.78. The lowest BCUT2D eigenvalue weighted by atomic mass is 10.1. The lowest BCUT2D eigenvalue weighted by Gasteiger charge is -2.09. The molecule has 0 unspecified atom stereocenters. The van der Waals surface area contributed by atoms with Crippen LogP contribution < -0.4 is 14.8 Å². The average Bonchev–Trinajstić information content (AvgIpc) is 3.47. The minimum Gasteiger partial charge on any atom is -0.495 e. The van der Waals surface area contributed by atoms with E-state index in [1.807, 2.05) is 30.3 Å². The molecule has 170 valence electrons. The molecule has 0 saturated heterocycles. The van der Waals surface area contributed by atoms with E-state index in [0.717, 1.165) is 16.4 Å². The van der Waals surface area contributed by atoms with Gasteiger partial charge in [0.1, 0.15) is 35.0 Å². The van der Waals surface area contributed by atoms with E-state index in [2.05, 4.69) is 5.32 Å². The standard InChI is InChI=1S/C25H18N2O7/c1-31-24-12-19-18-4-2-3-5-21(18)34-23(19)13-20(24)26-25(28)22-11-10-17(33-22)14-32-16-8-6-15(7-9-16)27(29)30/h2-13H,14H2,1H3,(H,26,28). The van der Waals surface area contributed by atoms with Gasteiger partial charge < -0.3 is 23.6 Å². The molecule has 0 aliphatic carbocycles. The van der Waals surface area contributed by atoms with E-state index in [1.165, 1.54) is 37.4 Å². The molecular formula is C25H18N2O7. The molecule has 2 heterocycles. The number of hydrogen-bond donors (Lipinski definition) is 1. The number of ether oxygens (including phenoxy) is 2. The van der Waals surface area contributed by atoms with Gasteiger partial charge in [-0.1, -0.05) is 18.2 Å². The summed E-state index contributed by atoms with van der Waals surface area (Å²) in [4.78, 5) is 23.0. The molecule has 2 aromatic heterocycles. The van der Waals surface area contributed by atoms with Crippen LogP contribution in [0.3, 0.4) is 0 Å². The lowest BCUT2D eigenvalue weighted by molar-refractivity contribution is -0.384. The Morgan fingerprint density at radius 2 is 1.76 bits per heavy atom. The first-order chi connectivity index (χ1) is 16.5. The Labute approximate surface area is 192 Å². The van der Waals surface area contributed by atoms with E-state index >= 15 is 0 Å². The normalized spacial score (nSPS) is 11.0. The number of nitro groups is 1. The van der Waals surface area contributed by atoms with Crippen LogP contribution in [0.2, 0.25) is 0 Å². The topological polar surface area (TPSA) is 117 Å². The van der Waals surface area contributed by atoms with Gasteiger partial charge in [-0.15, -0.1) is 0 Å². The number of para-hydroxylation sites is 1. The van der Waals surface area contributed by atoms with Crippen molar-refractivity contribution in [3.05, 3.63) is 94.4 Å². The summed E-state index contributed by atoms with van der Waals surface area (Å²) in [6.45, 7) is 0.0549. The summed E-state index contributed by atoms with van der Waals surface area (Å²) in [6, 6.07) is 20.1. The predicted octanol–water partition coefficient (Wildman–Crippen LogP) is 5.93. The zero-order valence-corrected chi connectivity index (χ0v) is 17.9. The van der Waals surface area contributed by atoms with E-state index in [-0.39, 0.29) is 18.1 Å². The van der Waals surface area contributed by atoms with Gasteiger partial charge in [-0.05, 0) is 36.4 Å². The third-order valence-electron chi connectivity index (χ3n) is 5.26. The van der Waals surface area contributed by atoms with Gasteiger partial charge in [0.15, 0.2) is 5.76 Å². The second-order valence-electron chi connectivity index (χ2n) is 7.41. The van der Waals surface area contributed by atoms with E-state index in [9.17, 15) is 14.9 Å². The van der Waals surface area contributed by atoms with Crippen LogP contribution in [0.5, 0.6) is 11.5 Å². The van der Waals surface area contributed by atoms with Gasteiger partial charge in [-0.3, -0.25) is 14.9 Å². The van der Waals surface area contributed by atoms with E-state index in [1.54, 1.807) is 12.1 Å². The number of amides is 1. The van der Waals surface area contributed by atoms with Gasteiger partial charge in [0.25, 0.3) is 11.6 Å². The van der Waals surface area contributed by atoms with Crippen molar-refractivity contribution in [2.24, 2.45) is 0 Å². The van der Waals surface area contributed by atoms with Crippen LogP contribution in [0.25, 0.3) is 21.9 Å². The number of hydrogen-bond acceptors (Lipinski definition) is 7. The minimum atomic E-state index is -0.484. The molecule has 0 fully saturated rings. The number of non-ortho nitro benzene ring substituents is 1. The molecular weight excluding hydrogens is 440 g/mol. The van der Waals surface area contributed by atoms with Gasteiger partial charge in [0.2, 0.25) is 0 Å². The number of furan rings is 2. The number of anilines is 1. The monoisotopic (exact) mass is 458 g/mol. The summed E-state index contributed by atoms with van der Waals surface area (Å²) in [5, 5.41) is 15.4. The fourth-order valence-corrected chi connectivity index (χ4v) is 3.60. The number of carbonyl (C=O) groups is 1. The molecule has 0 bridgehead atoms. The molecule has 0 aliphatic heterocycles. The largest absolute Gasteiger partial charge is 0.495 e. The maximum atomic E-state index is 12.8. The molecule has 0 saturated carbocycles. The van der Waals surface area contributed by atoms with Crippen molar-refractivity contribution in [3.8, 4) is 11.5 Å². The highest BCUT2D eigenvalue weighted by atomic mass is 16.6. The lowest BCUT2D eigenvalue weighted by Crippen LogP contribution is -2.11. The zero-order chi connectivity index (χ0) is 23.7. The molecule has 0 spiro atoms. The SMILES string of the molecule is COc1cc2c(cc1NC(=O)c1ccc(COc3ccc([N+](=O)[O-])cc3)o1)oc1ccccc12. The number of rotatable bonds is 7. The third-order valence-corrected chi connectivity index (χ3v) is 5.26. The maximum Gasteiger partial charge on any atom is 0.291 e. The maximum absolute atomic E-state index is 12.8. The molecule has 9 heteroatoms. The fourth-order valence-electron chi connectivity index (χ4n) is 3.60. The fraction of sp³-hybridized carbons (Fsp3) is 0.0800. The average molecular weight is 458 g/mol. The summed E-state index contributed by atoms with van der Waals surface area (Å²) < 4.78 is 22.5. The summed E-state index contributed by atoms with van der Waals surface area (Å²) in [7, 11) is 1.53. The van der Waals surface area contributed by atoms with Gasteiger partial charge in [0, 0.05) is 29.0 Å². The van der Waals surface area contributed by atoms with Crippen LogP contribution in [-0.4, -0.2) is 17.9 Å². The Morgan fingerprint density at radius 3 is 2.53 bits per heavy atom. The quantitative estimate of drug-likeness (QED) is 0.237. The van der Waals surface area contributed by atoms with Crippen molar-refractivity contribution >= 4 is 39.2 Å². The number of fused-ring (bicyclic) bond motifs is 3. The van der Waals surface area contributed by atoms with Gasteiger partial charge in [0.05, 0.1) is 17.7 Å². The van der Waals surface area contributed by atoms with Gasteiger partial charge in [-0.25, -0.2) is 0 Å². The molecule has 0 radical (unpaired) electrons. The molecule has 1 amide bonds. The highest BCUT2D eigenvalue weighted by molar-refractivity contribution is 6.09. The molecule has 0 atom stereocenters. The summed E-state index contributed by atoms with van der Waals surface area (Å²) in [5.74, 6) is 0.977. The second kappa shape index (κ2) is 8.62. The van der Waals surface area contributed by atoms with E-state index in [4.69, 9.17) is 18.3 Å². The van der Waals surface area contributed by atoms with Gasteiger partial charge >= 0.3 is 0 Å². The predicted molar refractivity (Wildman–Crippen MR) is 124 cm³/mol. The molecule has 1 N–H and O–H groups in total. The molecule has 3 aromatic carbocycles. The molecule has 9 nitrogen and oxygen atoms in total. The Hall–Kier alpha value is -4.79. The van der Waals surface area contributed by atoms with Crippen LogP contribution in [0.15, 0.2) is 81.6 Å². The smallest absolute Gasteiger partial charge is 0.291 e. The van der Waals surface area contributed by atoms with E-state index < -0.39 is 10.8 Å². The second-order valence-corrected chi connectivity index (χ2v) is 7.41. The van der Waals surface area contributed by atoms with Crippen molar-refractivity contribution < 1.29 is 28.0 Å². The van der Waals surface area contributed by atoms with Crippen LogP contribution in [-0.2, 0) is 6.61 Å². The van der Waals surface area contributed by atoms with Crippen molar-refractivity contribution in [3.63, 3.8) is 0 Å². The molecule has 5 aromatic rings. The number of methoxy groups -OCH3 is 1. The zero-order valence-electron chi connectivity index (χ0n) is 17.9. The Morgan fingerprint density at radius 1 is 0.971 bits per heavy atom. The molecule has 5 rings (SSSR count). The number of nitrogens with one attached hydrogen (secondary N) is 1. The highest BCUT2D eigenvalue weighted by Gasteiger charge is 2.17. The van der Waals surface area contributed by atoms with Crippen LogP contribution in [0.1, 0.15) is 16.3 Å². The first-order valence-electron chi connectivity index (χ1n) is 10.3. The Balaban J connectivity index is 1.30. The number of nitro benzene ring substituents is 1. The minimum absolute atomic E-state index is 0.0273.